The average molecular weight is 285 g/mol. The van der Waals surface area contributed by atoms with Gasteiger partial charge in [-0.25, -0.2) is 0 Å². The van der Waals surface area contributed by atoms with E-state index in [-0.39, 0.29) is 0 Å². The number of thiol groups is 1. The standard InChI is InChI=1S/C18H36S/c1-2-3-4-5-6-7-8-9-10-11-12-13-14-15-16-17-18-19/h2,19H,1,3-18H2. The Morgan fingerprint density at radius 3 is 1.16 bits per heavy atom. The van der Waals surface area contributed by atoms with Crippen molar-refractivity contribution in [3.8, 4) is 0 Å². The lowest BCUT2D eigenvalue weighted by atomic mass is 10.0. The van der Waals surface area contributed by atoms with Crippen LogP contribution in [0.2, 0.25) is 0 Å². The fourth-order valence-electron chi connectivity index (χ4n) is 2.52. The Kier molecular flexibility index (Phi) is 18.2. The maximum Gasteiger partial charge on any atom is -0.00979 e. The van der Waals surface area contributed by atoms with E-state index in [9.17, 15) is 0 Å². The van der Waals surface area contributed by atoms with Gasteiger partial charge in [-0.05, 0) is 25.0 Å². The fraction of sp³-hybridized carbons (Fsp3) is 0.889. The fourth-order valence-corrected chi connectivity index (χ4v) is 2.75. The highest BCUT2D eigenvalue weighted by molar-refractivity contribution is 7.80. The van der Waals surface area contributed by atoms with E-state index in [4.69, 9.17) is 0 Å². The maximum absolute atomic E-state index is 4.24. The number of hydrogen-bond donors (Lipinski definition) is 1. The summed E-state index contributed by atoms with van der Waals surface area (Å²) in [4.78, 5) is 0. The Labute approximate surface area is 127 Å². The molecule has 0 nitrogen and oxygen atoms in total. The SMILES string of the molecule is C=CCCCCCCCCCCCCCCCCS. The normalized spacial score (nSPS) is 10.8. The van der Waals surface area contributed by atoms with Gasteiger partial charge in [-0.3, -0.25) is 0 Å². The van der Waals surface area contributed by atoms with Crippen molar-refractivity contribution in [2.75, 3.05) is 5.75 Å². The minimum Gasteiger partial charge on any atom is -0.179 e. The predicted molar refractivity (Wildman–Crippen MR) is 93.3 cm³/mol. The van der Waals surface area contributed by atoms with Gasteiger partial charge in [-0.2, -0.15) is 12.6 Å². The topological polar surface area (TPSA) is 0 Å². The minimum absolute atomic E-state index is 1.06. The number of hydrogen-bond acceptors (Lipinski definition) is 1. The van der Waals surface area contributed by atoms with Crippen LogP contribution in [0, 0.1) is 0 Å². The van der Waals surface area contributed by atoms with Crippen molar-refractivity contribution >= 4 is 12.6 Å². The summed E-state index contributed by atoms with van der Waals surface area (Å²) in [6, 6.07) is 0. The summed E-state index contributed by atoms with van der Waals surface area (Å²) in [5, 5.41) is 0. The lowest BCUT2D eigenvalue weighted by Crippen LogP contribution is -1.83. The average Bonchev–Trinajstić information content (AvgIpc) is 2.43. The van der Waals surface area contributed by atoms with E-state index in [0.29, 0.717) is 0 Å². The third-order valence-corrected chi connectivity index (χ3v) is 4.13. The summed E-state index contributed by atoms with van der Waals surface area (Å²) in [6.07, 6.45) is 23.2. The van der Waals surface area contributed by atoms with Crippen LogP contribution < -0.4 is 0 Å². The van der Waals surface area contributed by atoms with Crippen LogP contribution in [-0.4, -0.2) is 5.75 Å². The van der Waals surface area contributed by atoms with Gasteiger partial charge in [0.05, 0.1) is 0 Å². The number of unbranched alkanes of at least 4 members (excludes halogenated alkanes) is 14. The van der Waals surface area contributed by atoms with Crippen LogP contribution in [0.3, 0.4) is 0 Å². The molecule has 0 bridgehead atoms. The number of allylic oxidation sites excluding steroid dienone is 1. The van der Waals surface area contributed by atoms with Crippen molar-refractivity contribution in [1.29, 1.82) is 0 Å². The van der Waals surface area contributed by atoms with E-state index < -0.39 is 0 Å². The predicted octanol–water partition coefficient (Wildman–Crippen LogP) is 6.95. The van der Waals surface area contributed by atoms with Gasteiger partial charge in [-0.1, -0.05) is 83.1 Å². The second-order valence-electron chi connectivity index (χ2n) is 5.75. The van der Waals surface area contributed by atoms with Crippen molar-refractivity contribution in [1.82, 2.24) is 0 Å². The zero-order chi connectivity index (χ0) is 14.0. The lowest BCUT2D eigenvalue weighted by Gasteiger charge is -2.03. The smallest absolute Gasteiger partial charge is 0.00979 e. The third-order valence-electron chi connectivity index (χ3n) is 3.82. The lowest BCUT2D eigenvalue weighted by molar-refractivity contribution is 0.536. The third kappa shape index (κ3) is 18.1. The Balaban J connectivity index is 2.89. The molecule has 19 heavy (non-hydrogen) atoms. The molecular weight excluding hydrogens is 248 g/mol. The summed E-state index contributed by atoms with van der Waals surface area (Å²) in [5.74, 6) is 1.06. The van der Waals surface area contributed by atoms with Gasteiger partial charge >= 0.3 is 0 Å². The highest BCUT2D eigenvalue weighted by atomic mass is 32.1. The summed E-state index contributed by atoms with van der Waals surface area (Å²) in [5.41, 5.74) is 0. The van der Waals surface area contributed by atoms with E-state index in [2.05, 4.69) is 19.2 Å². The Bertz CT molecular complexity index is 165. The second kappa shape index (κ2) is 18.1. The highest BCUT2D eigenvalue weighted by Gasteiger charge is 1.93. The van der Waals surface area contributed by atoms with Crippen LogP contribution in [0.25, 0.3) is 0 Å². The largest absolute Gasteiger partial charge is 0.179 e. The molecule has 0 atom stereocenters. The quantitative estimate of drug-likeness (QED) is 0.177. The molecule has 1 heteroatoms. The van der Waals surface area contributed by atoms with Crippen molar-refractivity contribution in [2.24, 2.45) is 0 Å². The molecule has 0 amide bonds. The zero-order valence-electron chi connectivity index (χ0n) is 13.0. The van der Waals surface area contributed by atoms with Crippen LogP contribution in [0.4, 0.5) is 0 Å². The molecule has 0 fully saturated rings. The molecule has 0 saturated carbocycles. The summed E-state index contributed by atoms with van der Waals surface area (Å²) in [7, 11) is 0. The Morgan fingerprint density at radius 1 is 0.526 bits per heavy atom. The van der Waals surface area contributed by atoms with E-state index in [1.807, 2.05) is 6.08 Å². The van der Waals surface area contributed by atoms with Crippen LogP contribution in [0.5, 0.6) is 0 Å². The molecule has 0 aliphatic carbocycles. The minimum atomic E-state index is 1.06. The van der Waals surface area contributed by atoms with Crippen LogP contribution in [0.15, 0.2) is 12.7 Å². The summed E-state index contributed by atoms with van der Waals surface area (Å²) in [6.45, 7) is 3.76. The molecular formula is C18H36S. The molecule has 0 N–H and O–H groups in total. The summed E-state index contributed by atoms with van der Waals surface area (Å²) >= 11 is 4.24. The molecule has 0 spiro atoms. The molecule has 0 rings (SSSR count). The Hall–Kier alpha value is 0.0900. The van der Waals surface area contributed by atoms with Gasteiger partial charge in [0.2, 0.25) is 0 Å². The molecule has 0 saturated heterocycles. The number of rotatable bonds is 16. The van der Waals surface area contributed by atoms with Crippen molar-refractivity contribution < 1.29 is 0 Å². The zero-order valence-corrected chi connectivity index (χ0v) is 13.9. The van der Waals surface area contributed by atoms with E-state index in [1.165, 1.54) is 96.3 Å². The first-order valence-electron chi connectivity index (χ1n) is 8.63. The maximum atomic E-state index is 4.24. The van der Waals surface area contributed by atoms with Crippen molar-refractivity contribution in [2.45, 2.75) is 96.3 Å². The molecule has 0 unspecified atom stereocenters. The molecule has 0 radical (unpaired) electrons. The van der Waals surface area contributed by atoms with Crippen molar-refractivity contribution in [3.63, 3.8) is 0 Å². The monoisotopic (exact) mass is 284 g/mol. The van der Waals surface area contributed by atoms with Crippen molar-refractivity contribution in [3.05, 3.63) is 12.7 Å². The van der Waals surface area contributed by atoms with Crippen LogP contribution in [-0.2, 0) is 0 Å². The van der Waals surface area contributed by atoms with Gasteiger partial charge in [0.1, 0.15) is 0 Å². The van der Waals surface area contributed by atoms with E-state index in [1.54, 1.807) is 0 Å². The van der Waals surface area contributed by atoms with E-state index in [0.717, 1.165) is 5.75 Å². The highest BCUT2D eigenvalue weighted by Crippen LogP contribution is 2.13. The first kappa shape index (κ1) is 19.1. The van der Waals surface area contributed by atoms with Gasteiger partial charge in [0.25, 0.3) is 0 Å². The molecule has 0 aliphatic heterocycles. The molecule has 0 heterocycles. The molecule has 0 aromatic heterocycles. The first-order chi connectivity index (χ1) is 9.41. The first-order valence-corrected chi connectivity index (χ1v) is 9.27. The molecule has 0 aliphatic rings. The molecule has 114 valence electrons. The molecule has 0 aromatic rings. The second-order valence-corrected chi connectivity index (χ2v) is 6.20. The summed E-state index contributed by atoms with van der Waals surface area (Å²) < 4.78 is 0. The van der Waals surface area contributed by atoms with Gasteiger partial charge in [0.15, 0.2) is 0 Å². The van der Waals surface area contributed by atoms with Gasteiger partial charge in [-0.15, -0.1) is 6.58 Å². The van der Waals surface area contributed by atoms with Gasteiger partial charge < -0.3 is 0 Å². The van der Waals surface area contributed by atoms with E-state index >= 15 is 0 Å². The Morgan fingerprint density at radius 2 is 0.842 bits per heavy atom. The molecule has 0 aromatic carbocycles. The van der Waals surface area contributed by atoms with Crippen LogP contribution >= 0.6 is 12.6 Å². The van der Waals surface area contributed by atoms with Crippen LogP contribution in [0.1, 0.15) is 96.3 Å². The van der Waals surface area contributed by atoms with Gasteiger partial charge in [0, 0.05) is 0 Å².